The molecule has 0 heterocycles. The summed E-state index contributed by atoms with van der Waals surface area (Å²) in [5, 5.41) is 11.5. The van der Waals surface area contributed by atoms with Gasteiger partial charge in [-0.3, -0.25) is 9.10 Å². The third kappa shape index (κ3) is 6.39. The van der Waals surface area contributed by atoms with Crippen LogP contribution in [-0.2, 0) is 21.2 Å². The van der Waals surface area contributed by atoms with E-state index in [9.17, 15) is 13.2 Å². The maximum atomic E-state index is 12.2. The molecule has 0 aliphatic rings. The van der Waals surface area contributed by atoms with Crippen LogP contribution in [0.4, 0.5) is 11.4 Å². The molecule has 0 saturated heterocycles. The lowest BCUT2D eigenvalue weighted by Crippen LogP contribution is -2.31. The van der Waals surface area contributed by atoms with Gasteiger partial charge in [0.1, 0.15) is 0 Å². The van der Waals surface area contributed by atoms with E-state index in [1.165, 1.54) is 10.6 Å². The van der Waals surface area contributed by atoms with Gasteiger partial charge in [0.15, 0.2) is 0 Å². The predicted molar refractivity (Wildman–Crippen MR) is 112 cm³/mol. The summed E-state index contributed by atoms with van der Waals surface area (Å²) in [6.45, 7) is 4.08. The van der Waals surface area contributed by atoms with E-state index in [0.29, 0.717) is 24.2 Å². The summed E-state index contributed by atoms with van der Waals surface area (Å²) < 4.78 is 25.8. The van der Waals surface area contributed by atoms with Crippen molar-refractivity contribution < 1.29 is 13.2 Å². The molecular formula is C21H25N3O3S. The minimum atomic E-state index is -3.44. The summed E-state index contributed by atoms with van der Waals surface area (Å²) in [5.74, 6) is -0.179. The van der Waals surface area contributed by atoms with E-state index < -0.39 is 10.0 Å². The molecule has 1 amide bonds. The minimum Gasteiger partial charge on any atom is -0.326 e. The molecule has 2 aromatic rings. The van der Waals surface area contributed by atoms with Crippen LogP contribution in [0.2, 0.25) is 0 Å². The van der Waals surface area contributed by atoms with Crippen molar-refractivity contribution in [1.82, 2.24) is 0 Å². The van der Waals surface area contributed by atoms with Crippen LogP contribution in [0, 0.1) is 25.2 Å². The highest BCUT2D eigenvalue weighted by Gasteiger charge is 2.18. The number of carbonyl (C=O) groups excluding carboxylic acids is 1. The van der Waals surface area contributed by atoms with Crippen molar-refractivity contribution in [3.63, 3.8) is 0 Å². The number of amides is 1. The van der Waals surface area contributed by atoms with Crippen LogP contribution in [0.15, 0.2) is 42.5 Å². The summed E-state index contributed by atoms with van der Waals surface area (Å²) in [7, 11) is -3.44. The predicted octanol–water partition coefficient (Wildman–Crippen LogP) is 3.55. The molecule has 0 aliphatic carbocycles. The molecule has 0 fully saturated rings. The Bertz CT molecular complexity index is 957. The molecule has 0 saturated carbocycles. The number of hydrogen-bond donors (Lipinski definition) is 1. The number of carbonyl (C=O) groups is 1. The second-order valence-electron chi connectivity index (χ2n) is 6.86. The fourth-order valence-corrected chi connectivity index (χ4v) is 3.93. The van der Waals surface area contributed by atoms with Crippen LogP contribution in [0.1, 0.15) is 29.5 Å². The highest BCUT2D eigenvalue weighted by molar-refractivity contribution is 7.92. The number of nitrogens with one attached hydrogen (secondary N) is 1. The zero-order chi connectivity index (χ0) is 20.7. The summed E-state index contributed by atoms with van der Waals surface area (Å²) in [6, 6.07) is 14.8. The maximum Gasteiger partial charge on any atom is 0.232 e. The number of benzene rings is 2. The first-order valence-corrected chi connectivity index (χ1v) is 10.9. The van der Waals surface area contributed by atoms with Gasteiger partial charge in [-0.05, 0) is 61.2 Å². The Hall–Kier alpha value is -2.85. The summed E-state index contributed by atoms with van der Waals surface area (Å²) in [6.07, 6.45) is 2.11. The first kappa shape index (κ1) is 21.5. The molecule has 28 heavy (non-hydrogen) atoms. The number of aryl methyl sites for hydroxylation is 2. The van der Waals surface area contributed by atoms with Crippen molar-refractivity contribution in [2.75, 3.05) is 22.4 Å². The highest BCUT2D eigenvalue weighted by atomic mass is 32.2. The quantitative estimate of drug-likeness (QED) is 0.735. The number of sulfonamides is 1. The second kappa shape index (κ2) is 9.38. The molecule has 1 N–H and O–H groups in total. The Morgan fingerprint density at radius 2 is 1.71 bits per heavy atom. The van der Waals surface area contributed by atoms with Crippen LogP contribution in [0.25, 0.3) is 0 Å². The van der Waals surface area contributed by atoms with E-state index in [1.807, 2.05) is 32.0 Å². The van der Waals surface area contributed by atoms with Crippen LogP contribution in [0.5, 0.6) is 0 Å². The maximum absolute atomic E-state index is 12.2. The monoisotopic (exact) mass is 399 g/mol. The smallest absolute Gasteiger partial charge is 0.232 e. The van der Waals surface area contributed by atoms with Gasteiger partial charge in [-0.2, -0.15) is 5.26 Å². The molecule has 0 aromatic heterocycles. The third-order valence-electron chi connectivity index (χ3n) is 4.18. The lowest BCUT2D eigenvalue weighted by Gasteiger charge is -2.23. The molecule has 2 aromatic carbocycles. The lowest BCUT2D eigenvalue weighted by molar-refractivity contribution is -0.116. The Morgan fingerprint density at radius 1 is 1.11 bits per heavy atom. The normalized spacial score (nSPS) is 10.9. The third-order valence-corrected chi connectivity index (χ3v) is 5.37. The van der Waals surface area contributed by atoms with Crippen LogP contribution < -0.4 is 9.62 Å². The largest absolute Gasteiger partial charge is 0.326 e. The standard InChI is InChI=1S/C21H25N3O3S/c1-16-13-17(2)15-20(14-16)24(28(3,26)27)12-4-5-21(25)23-19-8-6-18(7-9-19)10-11-22/h6-9,13-15H,4-5,10,12H2,1-3H3,(H,23,25). The lowest BCUT2D eigenvalue weighted by atomic mass is 10.1. The highest BCUT2D eigenvalue weighted by Crippen LogP contribution is 2.22. The molecule has 0 unspecified atom stereocenters. The minimum absolute atomic E-state index is 0.179. The molecule has 0 bridgehead atoms. The number of rotatable bonds is 8. The SMILES string of the molecule is Cc1cc(C)cc(N(CCCC(=O)Nc2ccc(CC#N)cc2)S(C)(=O)=O)c1. The van der Waals surface area contributed by atoms with E-state index in [2.05, 4.69) is 11.4 Å². The number of nitrogens with zero attached hydrogens (tertiary/aromatic N) is 2. The van der Waals surface area contributed by atoms with Gasteiger partial charge in [0.05, 0.1) is 24.4 Å². The van der Waals surface area contributed by atoms with E-state index >= 15 is 0 Å². The van der Waals surface area contributed by atoms with Gasteiger partial charge >= 0.3 is 0 Å². The molecule has 2 rings (SSSR count). The van der Waals surface area contributed by atoms with Crippen molar-refractivity contribution in [3.8, 4) is 6.07 Å². The van der Waals surface area contributed by atoms with Gasteiger partial charge in [0.2, 0.25) is 15.9 Å². The van der Waals surface area contributed by atoms with Crippen molar-refractivity contribution >= 4 is 27.3 Å². The Kier molecular flexibility index (Phi) is 7.18. The number of nitriles is 1. The van der Waals surface area contributed by atoms with Gasteiger partial charge in [-0.15, -0.1) is 0 Å². The molecule has 0 aliphatic heterocycles. The first-order valence-electron chi connectivity index (χ1n) is 9.01. The topological polar surface area (TPSA) is 90.3 Å². The van der Waals surface area contributed by atoms with Gasteiger partial charge < -0.3 is 5.32 Å². The van der Waals surface area contributed by atoms with Crippen molar-refractivity contribution in [1.29, 1.82) is 5.26 Å². The fourth-order valence-electron chi connectivity index (χ4n) is 2.98. The molecule has 0 spiro atoms. The van der Waals surface area contributed by atoms with Crippen molar-refractivity contribution in [2.45, 2.75) is 33.1 Å². The summed E-state index contributed by atoms with van der Waals surface area (Å²) >= 11 is 0. The van der Waals surface area contributed by atoms with Crippen LogP contribution in [0.3, 0.4) is 0 Å². The van der Waals surface area contributed by atoms with Gasteiger partial charge in [0, 0.05) is 18.7 Å². The van der Waals surface area contributed by atoms with Gasteiger partial charge in [0.25, 0.3) is 0 Å². The summed E-state index contributed by atoms with van der Waals surface area (Å²) in [4.78, 5) is 12.2. The molecule has 0 radical (unpaired) electrons. The fraction of sp³-hybridized carbons (Fsp3) is 0.333. The average molecular weight is 400 g/mol. The zero-order valence-electron chi connectivity index (χ0n) is 16.4. The van der Waals surface area contributed by atoms with E-state index in [4.69, 9.17) is 5.26 Å². The Morgan fingerprint density at radius 3 is 2.25 bits per heavy atom. The van der Waals surface area contributed by atoms with E-state index in [0.717, 1.165) is 16.7 Å². The molecule has 0 atom stereocenters. The van der Waals surface area contributed by atoms with Gasteiger partial charge in [-0.25, -0.2) is 8.42 Å². The van der Waals surface area contributed by atoms with Gasteiger partial charge in [-0.1, -0.05) is 18.2 Å². The molecular weight excluding hydrogens is 374 g/mol. The molecule has 148 valence electrons. The first-order chi connectivity index (χ1) is 13.2. The molecule has 7 heteroatoms. The summed E-state index contributed by atoms with van der Waals surface area (Å²) in [5.41, 5.74) is 4.13. The Balaban J connectivity index is 1.96. The van der Waals surface area contributed by atoms with E-state index in [-0.39, 0.29) is 18.9 Å². The van der Waals surface area contributed by atoms with E-state index in [1.54, 1.807) is 24.3 Å². The van der Waals surface area contributed by atoms with Crippen LogP contribution in [-0.4, -0.2) is 27.1 Å². The average Bonchev–Trinajstić information content (AvgIpc) is 2.58. The van der Waals surface area contributed by atoms with Crippen molar-refractivity contribution in [2.24, 2.45) is 0 Å². The Labute approximate surface area is 166 Å². The van der Waals surface area contributed by atoms with Crippen LogP contribution >= 0.6 is 0 Å². The zero-order valence-corrected chi connectivity index (χ0v) is 17.2. The van der Waals surface area contributed by atoms with Crippen molar-refractivity contribution in [3.05, 3.63) is 59.2 Å². The second-order valence-corrected chi connectivity index (χ2v) is 8.77. The number of hydrogen-bond acceptors (Lipinski definition) is 4. The number of anilines is 2. The molecule has 6 nitrogen and oxygen atoms in total.